The molecule has 1 rings (SSSR count). The zero-order valence-electron chi connectivity index (χ0n) is 10.5. The lowest BCUT2D eigenvalue weighted by Gasteiger charge is -2.08. The number of carbonyl (C=O) groups excluding carboxylic acids is 1. The molecule has 0 aliphatic rings. The lowest BCUT2D eigenvalue weighted by Crippen LogP contribution is -2.32. The van der Waals surface area contributed by atoms with Gasteiger partial charge in [0.15, 0.2) is 0 Å². The largest absolute Gasteiger partial charge is 0.497 e. The lowest BCUT2D eigenvalue weighted by molar-refractivity contribution is -0.141. The van der Waals surface area contributed by atoms with Crippen LogP contribution in [0.3, 0.4) is 0 Å². The number of nitrogens with one attached hydrogen (secondary N) is 1. The summed E-state index contributed by atoms with van der Waals surface area (Å²) >= 11 is 0. The topological polar surface area (TPSA) is 75.6 Å². The smallest absolute Gasteiger partial charge is 0.308 e. The van der Waals surface area contributed by atoms with Gasteiger partial charge in [0.05, 0.1) is 19.4 Å². The molecule has 1 atom stereocenters. The fourth-order valence-electron chi connectivity index (χ4n) is 1.35. The molecule has 0 aromatic heterocycles. The first kappa shape index (κ1) is 14.0. The van der Waals surface area contributed by atoms with Crippen LogP contribution in [0.25, 0.3) is 0 Å². The van der Waals surface area contributed by atoms with E-state index >= 15 is 0 Å². The molecule has 1 amide bonds. The monoisotopic (exact) mass is 251 g/mol. The van der Waals surface area contributed by atoms with Gasteiger partial charge in [0.25, 0.3) is 0 Å². The normalized spacial score (nSPS) is 11.7. The Morgan fingerprint density at radius 2 is 1.94 bits per heavy atom. The number of hydrogen-bond acceptors (Lipinski definition) is 3. The average molecular weight is 251 g/mol. The van der Waals surface area contributed by atoms with Gasteiger partial charge in [-0.3, -0.25) is 9.59 Å². The Labute approximate surface area is 106 Å². The van der Waals surface area contributed by atoms with Crippen molar-refractivity contribution < 1.29 is 19.4 Å². The Morgan fingerprint density at radius 1 is 1.33 bits per heavy atom. The van der Waals surface area contributed by atoms with Gasteiger partial charge in [-0.15, -0.1) is 0 Å². The van der Waals surface area contributed by atoms with E-state index in [9.17, 15) is 9.59 Å². The van der Waals surface area contributed by atoms with Crippen LogP contribution in [0.1, 0.15) is 12.5 Å². The number of methoxy groups -OCH3 is 1. The maximum atomic E-state index is 11.6. The zero-order valence-corrected chi connectivity index (χ0v) is 10.5. The van der Waals surface area contributed by atoms with Crippen LogP contribution in [0.15, 0.2) is 24.3 Å². The Bertz CT molecular complexity index is 414. The van der Waals surface area contributed by atoms with Crippen LogP contribution in [0.4, 0.5) is 0 Å². The highest BCUT2D eigenvalue weighted by Gasteiger charge is 2.12. The van der Waals surface area contributed by atoms with E-state index in [4.69, 9.17) is 9.84 Å². The fourth-order valence-corrected chi connectivity index (χ4v) is 1.35. The molecule has 0 saturated heterocycles. The third-order valence-corrected chi connectivity index (χ3v) is 2.55. The van der Waals surface area contributed by atoms with Gasteiger partial charge in [0, 0.05) is 6.54 Å². The predicted octanol–water partition coefficient (Wildman–Crippen LogP) is 1.07. The highest BCUT2D eigenvalue weighted by atomic mass is 16.5. The van der Waals surface area contributed by atoms with Crippen LogP contribution in [0.2, 0.25) is 0 Å². The molecule has 5 heteroatoms. The number of carbonyl (C=O) groups is 2. The van der Waals surface area contributed by atoms with Crippen molar-refractivity contribution in [1.82, 2.24) is 5.32 Å². The Hall–Kier alpha value is -2.04. The summed E-state index contributed by atoms with van der Waals surface area (Å²) in [7, 11) is 1.58. The van der Waals surface area contributed by atoms with E-state index in [-0.39, 0.29) is 18.9 Å². The Balaban J connectivity index is 2.42. The molecule has 5 nitrogen and oxygen atoms in total. The van der Waals surface area contributed by atoms with E-state index < -0.39 is 11.9 Å². The molecule has 0 heterocycles. The molecule has 0 bridgehead atoms. The highest BCUT2D eigenvalue weighted by Crippen LogP contribution is 2.11. The third-order valence-electron chi connectivity index (χ3n) is 2.55. The maximum Gasteiger partial charge on any atom is 0.308 e. The van der Waals surface area contributed by atoms with Crippen LogP contribution < -0.4 is 10.1 Å². The number of carboxylic acid groups (broad SMARTS) is 1. The van der Waals surface area contributed by atoms with Crippen molar-refractivity contribution in [3.05, 3.63) is 29.8 Å². The summed E-state index contributed by atoms with van der Waals surface area (Å²) in [6.45, 7) is 1.69. The minimum atomic E-state index is -0.917. The molecule has 1 unspecified atom stereocenters. The maximum absolute atomic E-state index is 11.6. The second kappa shape index (κ2) is 6.64. The number of amides is 1. The minimum Gasteiger partial charge on any atom is -0.497 e. The third kappa shape index (κ3) is 4.45. The number of hydrogen-bond donors (Lipinski definition) is 2. The first-order chi connectivity index (χ1) is 8.52. The van der Waals surface area contributed by atoms with Gasteiger partial charge in [-0.1, -0.05) is 19.1 Å². The summed E-state index contributed by atoms with van der Waals surface area (Å²) < 4.78 is 5.01. The number of carboxylic acids is 1. The first-order valence-corrected chi connectivity index (χ1v) is 5.65. The standard InChI is InChI=1S/C13H17NO4/c1-9(13(16)17)8-14-12(15)7-10-3-5-11(18-2)6-4-10/h3-6,9H,7-8H2,1-2H3,(H,14,15)(H,16,17). The second-order valence-electron chi connectivity index (χ2n) is 4.07. The summed E-state index contributed by atoms with van der Waals surface area (Å²) in [5, 5.41) is 11.3. The van der Waals surface area contributed by atoms with Crippen LogP contribution in [-0.2, 0) is 16.0 Å². The molecule has 0 aliphatic carbocycles. The zero-order chi connectivity index (χ0) is 13.5. The summed E-state index contributed by atoms with van der Waals surface area (Å²) in [6.07, 6.45) is 0.232. The number of benzene rings is 1. The molecule has 1 aromatic carbocycles. The van der Waals surface area contributed by atoms with E-state index in [1.165, 1.54) is 0 Å². The summed E-state index contributed by atoms with van der Waals surface area (Å²) in [4.78, 5) is 22.1. The van der Waals surface area contributed by atoms with Gasteiger partial charge in [-0.05, 0) is 17.7 Å². The molecule has 0 radical (unpaired) electrons. The van der Waals surface area contributed by atoms with Crippen molar-refractivity contribution in [3.63, 3.8) is 0 Å². The quantitative estimate of drug-likeness (QED) is 0.793. The highest BCUT2D eigenvalue weighted by molar-refractivity contribution is 5.79. The van der Waals surface area contributed by atoms with E-state index in [1.54, 1.807) is 38.3 Å². The van der Waals surface area contributed by atoms with Crippen molar-refractivity contribution in [2.24, 2.45) is 5.92 Å². The molecule has 18 heavy (non-hydrogen) atoms. The van der Waals surface area contributed by atoms with Crippen molar-refractivity contribution in [3.8, 4) is 5.75 Å². The first-order valence-electron chi connectivity index (χ1n) is 5.65. The van der Waals surface area contributed by atoms with Crippen LogP contribution in [0.5, 0.6) is 5.75 Å². The molecular formula is C13H17NO4. The summed E-state index contributed by atoms with van der Waals surface area (Å²) in [5.41, 5.74) is 0.858. The Morgan fingerprint density at radius 3 is 2.44 bits per heavy atom. The van der Waals surface area contributed by atoms with Gasteiger partial charge < -0.3 is 15.2 Å². The van der Waals surface area contributed by atoms with Crippen LogP contribution in [0, 0.1) is 5.92 Å². The van der Waals surface area contributed by atoms with E-state index in [1.807, 2.05) is 0 Å². The molecule has 0 aliphatic heterocycles. The van der Waals surface area contributed by atoms with Crippen LogP contribution >= 0.6 is 0 Å². The molecule has 2 N–H and O–H groups in total. The fraction of sp³-hybridized carbons (Fsp3) is 0.385. The average Bonchev–Trinajstić information content (AvgIpc) is 2.36. The van der Waals surface area contributed by atoms with Crippen LogP contribution in [-0.4, -0.2) is 30.6 Å². The molecule has 0 fully saturated rings. The molecular weight excluding hydrogens is 234 g/mol. The molecule has 0 spiro atoms. The number of ether oxygens (including phenoxy) is 1. The number of aliphatic carboxylic acids is 1. The van der Waals surface area contributed by atoms with Crippen molar-refractivity contribution >= 4 is 11.9 Å². The molecule has 1 aromatic rings. The van der Waals surface area contributed by atoms with Crippen molar-refractivity contribution in [2.45, 2.75) is 13.3 Å². The predicted molar refractivity (Wildman–Crippen MR) is 66.5 cm³/mol. The van der Waals surface area contributed by atoms with Gasteiger partial charge in [0.1, 0.15) is 5.75 Å². The second-order valence-corrected chi connectivity index (χ2v) is 4.07. The van der Waals surface area contributed by atoms with E-state index in [0.29, 0.717) is 0 Å². The molecule has 98 valence electrons. The van der Waals surface area contributed by atoms with E-state index in [2.05, 4.69) is 5.32 Å². The van der Waals surface area contributed by atoms with Gasteiger partial charge in [0.2, 0.25) is 5.91 Å². The SMILES string of the molecule is COc1ccc(CC(=O)NCC(C)C(=O)O)cc1. The Kier molecular flexibility index (Phi) is 5.17. The van der Waals surface area contributed by atoms with Gasteiger partial charge >= 0.3 is 5.97 Å². The summed E-state index contributed by atoms with van der Waals surface area (Å²) in [5.74, 6) is -0.948. The lowest BCUT2D eigenvalue weighted by atomic mass is 10.1. The molecule has 0 saturated carbocycles. The van der Waals surface area contributed by atoms with Crippen molar-refractivity contribution in [2.75, 3.05) is 13.7 Å². The van der Waals surface area contributed by atoms with Crippen molar-refractivity contribution in [1.29, 1.82) is 0 Å². The van der Waals surface area contributed by atoms with Gasteiger partial charge in [-0.2, -0.15) is 0 Å². The summed E-state index contributed by atoms with van der Waals surface area (Å²) in [6, 6.07) is 7.17. The number of rotatable bonds is 6. The minimum absolute atomic E-state index is 0.143. The van der Waals surface area contributed by atoms with E-state index in [0.717, 1.165) is 11.3 Å². The van der Waals surface area contributed by atoms with Gasteiger partial charge in [-0.25, -0.2) is 0 Å².